The number of benzene rings is 6. The average Bonchev–Trinajstić information content (AvgIpc) is 1.64. The van der Waals surface area contributed by atoms with E-state index in [0.717, 1.165) is 108 Å². The van der Waals surface area contributed by atoms with Crippen LogP contribution in [0.15, 0.2) is 121 Å². The molecule has 0 spiro atoms. The number of amides is 2. The Labute approximate surface area is 507 Å². The zero-order valence-electron chi connectivity index (χ0n) is 50.7. The zero-order valence-corrected chi connectivity index (χ0v) is 50.7. The molecular weight excluding hydrogens is 1080 g/mol. The number of nitrogens with zero attached hydrogens (tertiary/aromatic N) is 8. The summed E-state index contributed by atoms with van der Waals surface area (Å²) in [6, 6.07) is 43.2. The zero-order chi connectivity index (χ0) is 61.0. The first-order chi connectivity index (χ1) is 41.7. The maximum atomic E-state index is 13.9. The molecule has 4 saturated heterocycles. The van der Waals surface area contributed by atoms with Crippen molar-refractivity contribution in [2.45, 2.75) is 104 Å². The fourth-order valence-electron chi connectivity index (χ4n) is 12.8. The van der Waals surface area contributed by atoms with Gasteiger partial charge in [0.25, 0.3) is 11.8 Å². The molecule has 2 amide bonds. The minimum Gasteiger partial charge on any atom is -0.394 e. The van der Waals surface area contributed by atoms with Crippen LogP contribution in [0.2, 0.25) is 0 Å². The Kier molecular flexibility index (Phi) is 20.5. The molecule has 2 atom stereocenters. The van der Waals surface area contributed by atoms with E-state index in [-0.39, 0.29) is 60.8 Å². The van der Waals surface area contributed by atoms with Crippen LogP contribution in [-0.2, 0) is 0 Å². The van der Waals surface area contributed by atoms with E-state index in [0.29, 0.717) is 85.5 Å². The number of hydrogen-bond acceptors (Lipinski definition) is 14. The van der Waals surface area contributed by atoms with Gasteiger partial charge in [-0.1, -0.05) is 74.5 Å². The molecule has 0 unspecified atom stereocenters. The normalized spacial score (nSPS) is 17.5. The van der Waals surface area contributed by atoms with Crippen LogP contribution in [0.25, 0.3) is 0 Å². The van der Waals surface area contributed by atoms with E-state index >= 15 is 0 Å². The van der Waals surface area contributed by atoms with Crippen LogP contribution in [0.3, 0.4) is 0 Å². The quantitative estimate of drug-likeness (QED) is 0.0667. The lowest BCUT2D eigenvalue weighted by Gasteiger charge is -2.42. The number of nitrogens with one attached hydrogen (secondary N) is 2. The van der Waals surface area contributed by atoms with Gasteiger partial charge >= 0.3 is 0 Å². The number of Topliss-reactive ketones (excluding diaryl/α,β-unsaturated/α-hetero) is 2. The third kappa shape index (κ3) is 13.8. The standard InChI is InChI=1S/2C35H41N5O3/c2*1-4-34(42)29-10-6-8-12-33(29)40-18-17-39(22-28(40)23-41)35(43)30-20-31(25(3)19-24(30)2)37-27-13-15-38(16-14-27)32-11-7-5-9-26(32)21-36/h2*5-12,19-20,27-28,37,41H,4,13-18,22-23H2,1-3H3/t2*28-/m10/s1. The van der Waals surface area contributed by atoms with E-state index in [2.05, 4.69) is 68.4 Å². The van der Waals surface area contributed by atoms with Crippen LogP contribution in [0.1, 0.15) is 127 Å². The Morgan fingerprint density at radius 1 is 0.465 bits per heavy atom. The molecule has 4 heterocycles. The van der Waals surface area contributed by atoms with Crippen molar-refractivity contribution in [3.63, 3.8) is 0 Å². The first-order valence-electron chi connectivity index (χ1n) is 30.5. The highest BCUT2D eigenvalue weighted by Crippen LogP contribution is 2.33. The molecule has 0 aliphatic carbocycles. The average molecular weight is 1160 g/mol. The Morgan fingerprint density at radius 2 is 0.814 bits per heavy atom. The second-order valence-electron chi connectivity index (χ2n) is 23.2. The Hall–Kier alpha value is -8.70. The van der Waals surface area contributed by atoms with Crippen LogP contribution in [0, 0.1) is 50.4 Å². The number of nitriles is 2. The van der Waals surface area contributed by atoms with Crippen molar-refractivity contribution >= 4 is 57.5 Å². The topological polar surface area (TPSA) is 200 Å². The number of piperazine rings is 2. The molecule has 4 aliphatic heterocycles. The highest BCUT2D eigenvalue weighted by Gasteiger charge is 2.35. The van der Waals surface area contributed by atoms with Crippen LogP contribution >= 0.6 is 0 Å². The van der Waals surface area contributed by atoms with Crippen molar-refractivity contribution < 1.29 is 29.4 Å². The molecule has 4 fully saturated rings. The largest absolute Gasteiger partial charge is 0.394 e. The highest BCUT2D eigenvalue weighted by molar-refractivity contribution is 6.02. The number of anilines is 6. The van der Waals surface area contributed by atoms with Gasteiger partial charge in [-0.15, -0.1) is 0 Å². The van der Waals surface area contributed by atoms with E-state index < -0.39 is 0 Å². The van der Waals surface area contributed by atoms with E-state index in [9.17, 15) is 39.9 Å². The van der Waals surface area contributed by atoms with Gasteiger partial charge < -0.3 is 50.2 Å². The van der Waals surface area contributed by atoms with Gasteiger partial charge in [0, 0.05) is 135 Å². The third-order valence-electron chi connectivity index (χ3n) is 17.7. The number of para-hydroxylation sites is 4. The maximum absolute atomic E-state index is 13.9. The lowest BCUT2D eigenvalue weighted by molar-refractivity contribution is 0.0690. The predicted octanol–water partition coefficient (Wildman–Crippen LogP) is 10.3. The summed E-state index contributed by atoms with van der Waals surface area (Å²) in [4.78, 5) is 65.3. The summed E-state index contributed by atoms with van der Waals surface area (Å²) in [5, 5.41) is 47.1. The maximum Gasteiger partial charge on any atom is 0.254 e. The fraction of sp³-hybridized carbons (Fsp3) is 0.400. The van der Waals surface area contributed by atoms with Gasteiger partial charge in [-0.2, -0.15) is 10.5 Å². The van der Waals surface area contributed by atoms with Gasteiger partial charge in [0.1, 0.15) is 12.1 Å². The van der Waals surface area contributed by atoms with Gasteiger partial charge in [0.2, 0.25) is 0 Å². The monoisotopic (exact) mass is 1160 g/mol. The molecule has 6 aromatic carbocycles. The molecule has 10 rings (SSSR count). The predicted molar refractivity (Wildman–Crippen MR) is 342 cm³/mol. The Bertz CT molecular complexity index is 3270. The summed E-state index contributed by atoms with van der Waals surface area (Å²) >= 11 is 0. The smallest absolute Gasteiger partial charge is 0.254 e. The van der Waals surface area contributed by atoms with Crippen molar-refractivity contribution in [1.29, 1.82) is 10.5 Å². The number of hydrogen-bond donors (Lipinski definition) is 4. The van der Waals surface area contributed by atoms with E-state index in [1.165, 1.54) is 0 Å². The summed E-state index contributed by atoms with van der Waals surface area (Å²) in [7, 11) is 0. The van der Waals surface area contributed by atoms with Crippen LogP contribution in [0.4, 0.5) is 34.1 Å². The molecule has 6 aromatic rings. The third-order valence-corrected chi connectivity index (χ3v) is 17.7. The fourth-order valence-corrected chi connectivity index (χ4v) is 12.8. The van der Waals surface area contributed by atoms with Gasteiger partial charge in [-0.05, 0) is 136 Å². The van der Waals surface area contributed by atoms with Crippen molar-refractivity contribution in [2.24, 2.45) is 0 Å². The summed E-state index contributed by atoms with van der Waals surface area (Å²) in [6.45, 7) is 17.8. The van der Waals surface area contributed by atoms with Gasteiger partial charge in [-0.25, -0.2) is 0 Å². The molecule has 0 aromatic heterocycles. The number of aliphatic hydroxyl groups excluding tert-OH is 2. The number of rotatable bonds is 16. The minimum atomic E-state index is -0.303. The first kappa shape index (κ1) is 61.8. The molecule has 4 N–H and O–H groups in total. The lowest BCUT2D eigenvalue weighted by atomic mass is 9.98. The van der Waals surface area contributed by atoms with Crippen molar-refractivity contribution in [2.75, 3.05) is 109 Å². The molecule has 4 aliphatic rings. The summed E-state index contributed by atoms with van der Waals surface area (Å²) in [5.74, 6) is 0.0523. The van der Waals surface area contributed by atoms with Crippen LogP contribution < -0.4 is 30.2 Å². The number of aryl methyl sites for hydroxylation is 4. The van der Waals surface area contributed by atoms with E-state index in [4.69, 9.17) is 0 Å². The number of ketones is 2. The molecule has 0 radical (unpaired) electrons. The summed E-state index contributed by atoms with van der Waals surface area (Å²) in [5.41, 5.74) is 13.7. The van der Waals surface area contributed by atoms with Gasteiger partial charge in [0.15, 0.2) is 11.6 Å². The van der Waals surface area contributed by atoms with Crippen LogP contribution in [0.5, 0.6) is 0 Å². The second-order valence-corrected chi connectivity index (χ2v) is 23.2. The Morgan fingerprint density at radius 3 is 1.16 bits per heavy atom. The van der Waals surface area contributed by atoms with Gasteiger partial charge in [-0.3, -0.25) is 19.2 Å². The molecule has 0 bridgehead atoms. The Balaban J connectivity index is 0.000000205. The van der Waals surface area contributed by atoms with Crippen molar-refractivity contribution in [3.8, 4) is 12.1 Å². The second kappa shape index (κ2) is 28.5. The van der Waals surface area contributed by atoms with Crippen molar-refractivity contribution in [1.82, 2.24) is 9.80 Å². The number of piperidine rings is 2. The van der Waals surface area contributed by atoms with Crippen LogP contribution in [-0.4, -0.2) is 146 Å². The first-order valence-corrected chi connectivity index (χ1v) is 30.5. The highest BCUT2D eigenvalue weighted by atomic mass is 16.3. The summed E-state index contributed by atoms with van der Waals surface area (Å²) < 4.78 is 0. The molecular formula is C70H82N10O6. The molecule has 16 nitrogen and oxygen atoms in total. The number of carbonyl (C=O) groups excluding carboxylic acids is 4. The molecule has 86 heavy (non-hydrogen) atoms. The molecule has 16 heteroatoms. The molecule has 0 saturated carbocycles. The van der Waals surface area contributed by atoms with Crippen molar-refractivity contribution in [3.05, 3.63) is 177 Å². The lowest BCUT2D eigenvalue weighted by Crippen LogP contribution is -2.56. The van der Waals surface area contributed by atoms with E-state index in [1.54, 1.807) is 0 Å². The number of aliphatic hydroxyl groups is 2. The van der Waals surface area contributed by atoms with E-state index in [1.807, 2.05) is 147 Å². The number of carbonyl (C=O) groups is 4. The van der Waals surface area contributed by atoms with Gasteiger partial charge in [0.05, 0.1) is 47.8 Å². The summed E-state index contributed by atoms with van der Waals surface area (Å²) in [6.07, 6.45) is 4.54. The molecule has 448 valence electrons. The minimum absolute atomic E-state index is 0.0421. The SMILES string of the molecule is CCC(=O)c1ccccc1N1CCN(C(=O)c2cc(NC3CCN(c4ccccc4C#N)CC3)c(C)cc2C)C[C@@H]1CO.CCC(=O)c1ccccc1N1CCN(C(=O)c2cc(NC3CCN(c4ccccc4C#N)CC3)c(C)cc2C)C[C@H]1CO.